The number of aliphatic hydroxyl groups is 6. The topological polar surface area (TPSA) is 365 Å². The van der Waals surface area contributed by atoms with Gasteiger partial charge in [0.05, 0.1) is 26.4 Å². The number of aliphatic hydroxyl groups excluding tert-OH is 6. The van der Waals surface area contributed by atoms with Crippen LogP contribution in [0.4, 0.5) is 0 Å². The maximum Gasteiger partial charge on any atom is 1.00 e. The number of esters is 1. The Labute approximate surface area is 379 Å². The molecule has 3 heterocycles. The first-order valence-electron chi connectivity index (χ1n) is 17.7. The Morgan fingerprint density at radius 3 is 1.84 bits per heavy atom. The zero-order valence-electron chi connectivity index (χ0n) is 32.7. The predicted octanol–water partition coefficient (Wildman–Crippen LogP) is -10.5. The van der Waals surface area contributed by atoms with Crippen molar-refractivity contribution >= 4 is 32.7 Å². The molecule has 7 N–H and O–H groups in total. The van der Waals surface area contributed by atoms with E-state index < -0.39 is 132 Å². The molecule has 0 bridgehead atoms. The number of hydrogen-bond donors (Lipinski definition) is 7. The predicted molar refractivity (Wildman–Crippen MR) is 177 cm³/mol. The van der Waals surface area contributed by atoms with E-state index in [1.54, 1.807) is 0 Å². The molecule has 328 valence electrons. The average molecular weight is 904 g/mol. The maximum atomic E-state index is 12.6. The van der Waals surface area contributed by atoms with E-state index in [1.807, 2.05) is 0 Å². The molecule has 1 unspecified atom stereocenters. The van der Waals surface area contributed by atoms with E-state index in [2.05, 4.69) is 18.4 Å². The third kappa shape index (κ3) is 17.4. The Morgan fingerprint density at radius 2 is 1.28 bits per heavy atom. The van der Waals surface area contributed by atoms with Crippen molar-refractivity contribution in [2.24, 2.45) is 0 Å². The second-order valence-corrected chi connectivity index (χ2v) is 15.4. The summed E-state index contributed by atoms with van der Waals surface area (Å²) in [4.78, 5) is 23.9. The number of carbonyl (C=O) groups is 2. The Kier molecular flexibility index (Phi) is 25.3. The second-order valence-electron chi connectivity index (χ2n) is 13.3. The van der Waals surface area contributed by atoms with Gasteiger partial charge in [0.25, 0.3) is 0 Å². The first-order valence-corrected chi connectivity index (χ1v) is 20.3. The van der Waals surface area contributed by atoms with Gasteiger partial charge in [-0.1, -0.05) is 25.7 Å². The van der Waals surface area contributed by atoms with Crippen LogP contribution in [0.2, 0.25) is 0 Å². The molecule has 3 aliphatic rings. The van der Waals surface area contributed by atoms with Crippen molar-refractivity contribution < 1.29 is 167 Å². The van der Waals surface area contributed by atoms with Crippen molar-refractivity contribution in [3.8, 4) is 0 Å². The Hall–Kier alpha value is 0.200. The fraction of sp³-hybridized carbons (Fsp3) is 0.933. The zero-order chi connectivity index (χ0) is 42.0. The fourth-order valence-electron chi connectivity index (χ4n) is 6.28. The molecule has 58 heavy (non-hydrogen) atoms. The number of rotatable bonds is 21. The number of unbranched alkanes of at least 4 members (excludes halogenated alkanes) is 5. The average Bonchev–Trinajstić information content (AvgIpc) is 3.11. The summed E-state index contributed by atoms with van der Waals surface area (Å²) in [5.41, 5.74) is 0. The number of ether oxygens (including phenoxy) is 7. The van der Waals surface area contributed by atoms with Gasteiger partial charge in [-0.2, -0.15) is 0 Å². The van der Waals surface area contributed by atoms with Crippen molar-refractivity contribution in [1.82, 2.24) is 5.32 Å². The molecule has 0 radical (unpaired) electrons. The number of nitrogens with one attached hydrogen (secondary N) is 1. The van der Waals surface area contributed by atoms with E-state index in [-0.39, 0.29) is 78.1 Å². The number of hydrogen-bond acceptors (Lipinski definition) is 23. The monoisotopic (exact) mass is 903 g/mol. The van der Waals surface area contributed by atoms with E-state index in [4.69, 9.17) is 28.4 Å². The molecule has 0 aromatic carbocycles. The molecule has 3 saturated heterocycles. The molecule has 3 aliphatic heterocycles. The summed E-state index contributed by atoms with van der Waals surface area (Å²) in [7, 11) is -9.78. The van der Waals surface area contributed by atoms with Crippen LogP contribution in [0.15, 0.2) is 0 Å². The summed E-state index contributed by atoms with van der Waals surface area (Å²) in [5.74, 6) is -1.06. The van der Waals surface area contributed by atoms with E-state index >= 15 is 0 Å². The van der Waals surface area contributed by atoms with Crippen molar-refractivity contribution in [1.29, 1.82) is 0 Å². The van der Waals surface area contributed by atoms with Gasteiger partial charge in [0.1, 0.15) is 67.1 Å². The minimum Gasteiger partial charge on any atom is -0.726 e. The minimum absolute atomic E-state index is 0. The largest absolute Gasteiger partial charge is 1.00 e. The molecule has 3 rings (SSSR count). The van der Waals surface area contributed by atoms with Crippen LogP contribution in [0.3, 0.4) is 0 Å². The quantitative estimate of drug-likeness (QED) is 0.0185. The van der Waals surface area contributed by atoms with Crippen LogP contribution in [0.1, 0.15) is 58.8 Å². The fourth-order valence-corrected chi connectivity index (χ4v) is 7.08. The summed E-state index contributed by atoms with van der Waals surface area (Å²) in [6, 6.07) is -1.53. The van der Waals surface area contributed by atoms with Crippen LogP contribution >= 0.6 is 0 Å². The summed E-state index contributed by atoms with van der Waals surface area (Å²) in [5, 5.41) is 65.4. The van der Waals surface area contributed by atoms with Gasteiger partial charge < -0.3 is 78.2 Å². The molecular formula is C30H51NNa2O23S2. The van der Waals surface area contributed by atoms with Gasteiger partial charge >= 0.3 is 65.1 Å². The third-order valence-electron chi connectivity index (χ3n) is 9.12. The Morgan fingerprint density at radius 1 is 0.707 bits per heavy atom. The van der Waals surface area contributed by atoms with Crippen LogP contribution in [-0.4, -0.2) is 187 Å². The Balaban J connectivity index is 0.00000841. The first-order chi connectivity index (χ1) is 26.2. The van der Waals surface area contributed by atoms with Crippen LogP contribution < -0.4 is 64.4 Å². The minimum atomic E-state index is -5.62. The molecule has 3 fully saturated rings. The van der Waals surface area contributed by atoms with Gasteiger partial charge in [0.2, 0.25) is 26.7 Å². The van der Waals surface area contributed by atoms with Gasteiger partial charge in [-0.3, -0.25) is 18.0 Å². The standard InChI is InChI=1S/C30H53NO23S2.2Na/c1-14-20(35)22(37)23(38)29(49-14)53-26-19(31-15(2)33)28(47-11-9-7-5-4-6-8-10-18(34)46-3)51-17(13-48-55(40,41)42)25(26)52-30-24(39)27(54-56(43,44)45)21(36)16(12-32)50-30;;/h14,16-17,19-30,32,35-39H,4-13H2,1-3H3,(H,31,33)(H,40,41,42)(H,43,44,45);;/q;2*+1/p-2/t14-,16+,17+,19+,20+,21-,22+,23-,24+,25+,26+,27-,28+,29?,30-;;/m0../s1. The molecule has 0 aromatic rings. The van der Waals surface area contributed by atoms with E-state index in [0.717, 1.165) is 26.2 Å². The van der Waals surface area contributed by atoms with Crippen LogP contribution in [0, 0.1) is 0 Å². The molecule has 24 nitrogen and oxygen atoms in total. The van der Waals surface area contributed by atoms with Crippen molar-refractivity contribution in [2.45, 2.75) is 151 Å². The summed E-state index contributed by atoms with van der Waals surface area (Å²) in [6.45, 7) is 0.0974. The molecule has 1 amide bonds. The molecule has 0 aliphatic carbocycles. The maximum absolute atomic E-state index is 12.6. The van der Waals surface area contributed by atoms with Crippen LogP contribution in [0.25, 0.3) is 0 Å². The SMILES string of the molecule is COC(=O)CCCCCCCCO[C@@H]1O[C@H](COS(=O)(=O)[O-])[C@@H](O[C@@H]2O[C@H](CO)[C@H](O)[C@H](OS(=O)(=O)[O-])[C@H]2O)[C@H](OC2O[C@@H](C)[C@@H](O)[C@@H](O)[C@@H]2O)[C@H]1NC(C)=O.[Na+].[Na+]. The third-order valence-corrected chi connectivity index (χ3v) is 10.0. The van der Waals surface area contributed by atoms with E-state index in [0.29, 0.717) is 19.3 Å². The van der Waals surface area contributed by atoms with Gasteiger partial charge in [-0.15, -0.1) is 0 Å². The molecule has 0 saturated carbocycles. The van der Waals surface area contributed by atoms with Gasteiger partial charge in [0, 0.05) is 20.0 Å². The van der Waals surface area contributed by atoms with Crippen LogP contribution in [-0.2, 0) is 71.9 Å². The van der Waals surface area contributed by atoms with Crippen molar-refractivity contribution in [2.75, 3.05) is 26.9 Å². The molecule has 0 aromatic heterocycles. The first kappa shape index (κ1) is 56.2. The van der Waals surface area contributed by atoms with Gasteiger partial charge in [-0.25, -0.2) is 16.8 Å². The summed E-state index contributed by atoms with van der Waals surface area (Å²) in [6.07, 6.45) is -22.2. The molecular weight excluding hydrogens is 852 g/mol. The molecule has 15 atom stereocenters. The normalized spacial score (nSPS) is 35.6. The molecule has 28 heteroatoms. The van der Waals surface area contributed by atoms with E-state index in [9.17, 15) is 66.2 Å². The smallest absolute Gasteiger partial charge is 0.726 e. The van der Waals surface area contributed by atoms with Crippen molar-refractivity contribution in [3.05, 3.63) is 0 Å². The number of carbonyl (C=O) groups excluding carboxylic acids is 2. The number of methoxy groups -OCH3 is 1. The van der Waals surface area contributed by atoms with Crippen molar-refractivity contribution in [3.63, 3.8) is 0 Å². The summed E-state index contributed by atoms with van der Waals surface area (Å²) < 4.78 is 117. The second kappa shape index (κ2) is 26.1. The molecule has 0 spiro atoms. The van der Waals surface area contributed by atoms with Crippen LogP contribution in [0.5, 0.6) is 0 Å². The van der Waals surface area contributed by atoms with Gasteiger partial charge in [0.15, 0.2) is 18.9 Å². The van der Waals surface area contributed by atoms with Gasteiger partial charge in [-0.05, 0) is 19.8 Å². The zero-order valence-corrected chi connectivity index (χ0v) is 38.3. The van der Waals surface area contributed by atoms with E-state index in [1.165, 1.54) is 14.0 Å². The summed E-state index contributed by atoms with van der Waals surface area (Å²) >= 11 is 0. The number of amides is 1. The Bertz CT molecular complexity index is 1470.